The smallest absolute Gasteiger partial charge is 0.0372 e. The van der Waals surface area contributed by atoms with Gasteiger partial charge < -0.3 is 11.9 Å². The van der Waals surface area contributed by atoms with Crippen LogP contribution in [0.25, 0.3) is 0 Å². The first kappa shape index (κ1) is 14.4. The molecule has 0 radical (unpaired) electrons. The molecule has 96 valence electrons. The molecule has 1 aromatic carbocycles. The molecule has 3 heteroatoms. The quantitative estimate of drug-likeness (QED) is 0.869. The Labute approximate surface area is 109 Å². The molecule has 0 bridgehead atoms. The lowest BCUT2D eigenvalue weighted by molar-refractivity contribution is 0.717. The third-order valence-corrected chi connectivity index (χ3v) is 2.94. The Balaban J connectivity index is 0.00000162. The maximum Gasteiger partial charge on any atom is 0.0372 e. The number of rotatable bonds is 3. The van der Waals surface area contributed by atoms with Crippen LogP contribution in [0.4, 0.5) is 0 Å². The Hall–Kier alpha value is -1.71. The predicted molar refractivity (Wildman–Crippen MR) is 75.8 cm³/mol. The number of aryl methyl sites for hydroxylation is 2. The second-order valence-electron chi connectivity index (χ2n) is 4.53. The van der Waals surface area contributed by atoms with Crippen molar-refractivity contribution in [2.45, 2.75) is 26.3 Å². The minimum absolute atomic E-state index is 0. The number of hydrogen-bond acceptors (Lipinski definition) is 3. The number of benzene rings is 1. The number of nitrogens with zero attached hydrogens (tertiary/aromatic N) is 1. The van der Waals surface area contributed by atoms with Gasteiger partial charge in [0.25, 0.3) is 0 Å². The van der Waals surface area contributed by atoms with Crippen LogP contribution in [-0.4, -0.2) is 4.98 Å². The van der Waals surface area contributed by atoms with E-state index in [2.05, 4.69) is 42.2 Å². The van der Waals surface area contributed by atoms with Gasteiger partial charge in [-0.2, -0.15) is 0 Å². The molecule has 1 aromatic heterocycles. The zero-order chi connectivity index (χ0) is 12.3. The lowest BCUT2D eigenvalue weighted by Gasteiger charge is -2.12. The van der Waals surface area contributed by atoms with E-state index in [4.69, 9.17) is 5.73 Å². The van der Waals surface area contributed by atoms with Crippen LogP contribution >= 0.6 is 0 Å². The van der Waals surface area contributed by atoms with Gasteiger partial charge in [-0.1, -0.05) is 35.9 Å². The minimum Gasteiger partial charge on any atom is -0.344 e. The van der Waals surface area contributed by atoms with E-state index >= 15 is 0 Å². The normalized spacial score (nSPS) is 11.7. The molecule has 2 rings (SSSR count). The lowest BCUT2D eigenvalue weighted by Crippen LogP contribution is -2.13. The molecule has 0 fully saturated rings. The van der Waals surface area contributed by atoms with Crippen molar-refractivity contribution in [1.82, 2.24) is 11.1 Å². The molecule has 5 N–H and O–H groups in total. The van der Waals surface area contributed by atoms with E-state index in [1.807, 2.05) is 19.2 Å². The summed E-state index contributed by atoms with van der Waals surface area (Å²) in [5.41, 5.74) is 10.8. The van der Waals surface area contributed by atoms with E-state index in [0.29, 0.717) is 0 Å². The molecule has 0 aliphatic heterocycles. The summed E-state index contributed by atoms with van der Waals surface area (Å²) in [6.45, 7) is 4.07. The highest BCUT2D eigenvalue weighted by molar-refractivity contribution is 5.25. The van der Waals surface area contributed by atoms with Gasteiger partial charge in [-0.25, -0.2) is 0 Å². The summed E-state index contributed by atoms with van der Waals surface area (Å²) in [5, 5.41) is 0. The Morgan fingerprint density at radius 1 is 1.06 bits per heavy atom. The van der Waals surface area contributed by atoms with E-state index in [-0.39, 0.29) is 12.2 Å². The zero-order valence-corrected chi connectivity index (χ0v) is 11.1. The molecular weight excluding hydrogens is 222 g/mol. The molecule has 1 heterocycles. The van der Waals surface area contributed by atoms with Crippen LogP contribution in [0.5, 0.6) is 0 Å². The van der Waals surface area contributed by atoms with Gasteiger partial charge in [-0.15, -0.1) is 0 Å². The lowest BCUT2D eigenvalue weighted by atomic mass is 10.0. The van der Waals surface area contributed by atoms with Crippen LogP contribution in [0.15, 0.2) is 42.6 Å². The Kier molecular flexibility index (Phi) is 5.01. The molecule has 0 amide bonds. The maximum atomic E-state index is 6.18. The summed E-state index contributed by atoms with van der Waals surface area (Å²) in [6, 6.07) is 12.6. The Morgan fingerprint density at radius 2 is 1.72 bits per heavy atom. The van der Waals surface area contributed by atoms with Crippen LogP contribution in [0, 0.1) is 13.8 Å². The predicted octanol–water partition coefficient (Wildman–Crippen LogP) is 3.10. The third kappa shape index (κ3) is 3.65. The van der Waals surface area contributed by atoms with Crippen molar-refractivity contribution in [3.05, 3.63) is 65.0 Å². The first-order valence-electron chi connectivity index (χ1n) is 5.89. The number of nitrogens with two attached hydrogens (primary N) is 1. The first-order chi connectivity index (χ1) is 8.15. The summed E-state index contributed by atoms with van der Waals surface area (Å²) in [6.07, 6.45) is 2.72. The number of hydrogen-bond donors (Lipinski definition) is 2. The second kappa shape index (κ2) is 6.28. The number of aromatic nitrogens is 1. The minimum atomic E-state index is 0. The molecule has 18 heavy (non-hydrogen) atoms. The molecule has 0 spiro atoms. The van der Waals surface area contributed by atoms with Crippen molar-refractivity contribution in [3.8, 4) is 0 Å². The molecule has 2 aromatic rings. The zero-order valence-electron chi connectivity index (χ0n) is 11.1. The summed E-state index contributed by atoms with van der Waals surface area (Å²) in [7, 11) is 0. The van der Waals surface area contributed by atoms with Crippen LogP contribution in [0.1, 0.15) is 28.4 Å². The Morgan fingerprint density at radius 3 is 2.28 bits per heavy atom. The van der Waals surface area contributed by atoms with Gasteiger partial charge in [0.2, 0.25) is 0 Å². The van der Waals surface area contributed by atoms with Crippen LogP contribution in [-0.2, 0) is 6.42 Å². The van der Waals surface area contributed by atoms with Crippen molar-refractivity contribution < 1.29 is 0 Å². The first-order valence-corrected chi connectivity index (χ1v) is 5.89. The van der Waals surface area contributed by atoms with Gasteiger partial charge in [0.15, 0.2) is 0 Å². The average molecular weight is 243 g/mol. The van der Waals surface area contributed by atoms with E-state index in [0.717, 1.165) is 17.7 Å². The maximum absolute atomic E-state index is 6.18. The van der Waals surface area contributed by atoms with Gasteiger partial charge in [0.05, 0.1) is 0 Å². The molecule has 0 saturated heterocycles. The standard InChI is InChI=1S/C15H18N2.H3N/c1-11-3-6-13(7-4-11)9-15(16)14-8-5-12(2)17-10-14;/h3-8,10,15H,9,16H2,1-2H3;1H3. The fraction of sp³-hybridized carbons (Fsp3) is 0.267. The van der Waals surface area contributed by atoms with E-state index < -0.39 is 0 Å². The molecule has 1 unspecified atom stereocenters. The van der Waals surface area contributed by atoms with E-state index in [1.54, 1.807) is 0 Å². The Bertz CT molecular complexity index is 474. The van der Waals surface area contributed by atoms with Gasteiger partial charge in [-0.05, 0) is 37.5 Å². The third-order valence-electron chi connectivity index (χ3n) is 2.94. The van der Waals surface area contributed by atoms with Gasteiger partial charge in [0, 0.05) is 17.9 Å². The highest BCUT2D eigenvalue weighted by Crippen LogP contribution is 2.15. The molecule has 3 nitrogen and oxygen atoms in total. The topological polar surface area (TPSA) is 73.9 Å². The van der Waals surface area contributed by atoms with Crippen LogP contribution in [0.3, 0.4) is 0 Å². The average Bonchev–Trinajstić information content (AvgIpc) is 2.33. The SMILES string of the molecule is Cc1ccc(CC(N)c2ccc(C)nc2)cc1.N. The van der Waals surface area contributed by atoms with Crippen LogP contribution in [0.2, 0.25) is 0 Å². The fourth-order valence-corrected chi connectivity index (χ4v) is 1.79. The summed E-state index contributed by atoms with van der Waals surface area (Å²) >= 11 is 0. The highest BCUT2D eigenvalue weighted by Gasteiger charge is 2.07. The van der Waals surface area contributed by atoms with Gasteiger partial charge in [-0.3, -0.25) is 4.98 Å². The largest absolute Gasteiger partial charge is 0.344 e. The van der Waals surface area contributed by atoms with E-state index in [1.165, 1.54) is 11.1 Å². The molecular formula is C15H21N3. The van der Waals surface area contributed by atoms with Gasteiger partial charge in [0.1, 0.15) is 0 Å². The van der Waals surface area contributed by atoms with Crippen molar-refractivity contribution in [1.29, 1.82) is 0 Å². The van der Waals surface area contributed by atoms with Crippen molar-refractivity contribution in [3.63, 3.8) is 0 Å². The summed E-state index contributed by atoms with van der Waals surface area (Å²) < 4.78 is 0. The van der Waals surface area contributed by atoms with E-state index in [9.17, 15) is 0 Å². The van der Waals surface area contributed by atoms with Gasteiger partial charge >= 0.3 is 0 Å². The summed E-state index contributed by atoms with van der Waals surface area (Å²) in [5.74, 6) is 0. The molecule has 0 aliphatic carbocycles. The monoisotopic (exact) mass is 243 g/mol. The second-order valence-corrected chi connectivity index (χ2v) is 4.53. The molecule has 0 saturated carbocycles. The van der Waals surface area contributed by atoms with Crippen molar-refractivity contribution in [2.75, 3.05) is 0 Å². The molecule has 1 atom stereocenters. The summed E-state index contributed by atoms with van der Waals surface area (Å²) in [4.78, 5) is 4.28. The van der Waals surface area contributed by atoms with Crippen molar-refractivity contribution >= 4 is 0 Å². The number of pyridine rings is 1. The van der Waals surface area contributed by atoms with Crippen LogP contribution < -0.4 is 11.9 Å². The molecule has 0 aliphatic rings. The highest BCUT2D eigenvalue weighted by atomic mass is 14.7. The van der Waals surface area contributed by atoms with Crippen molar-refractivity contribution in [2.24, 2.45) is 5.73 Å². The fourth-order valence-electron chi connectivity index (χ4n) is 1.79.